The van der Waals surface area contributed by atoms with Crippen LogP contribution in [0.5, 0.6) is 0 Å². The van der Waals surface area contributed by atoms with E-state index in [1.165, 1.54) is 11.1 Å². The predicted molar refractivity (Wildman–Crippen MR) is 92.7 cm³/mol. The SMILES string of the molecule is CCc1ccccc1CNc1c(Br)cc(Br)cc1Br. The maximum Gasteiger partial charge on any atom is 0.0632 e. The van der Waals surface area contributed by atoms with Gasteiger partial charge in [0.2, 0.25) is 0 Å². The van der Waals surface area contributed by atoms with E-state index in [-0.39, 0.29) is 0 Å². The summed E-state index contributed by atoms with van der Waals surface area (Å²) in [5, 5.41) is 3.48. The molecule has 1 nitrogen and oxygen atoms in total. The fourth-order valence-electron chi connectivity index (χ4n) is 1.97. The standard InChI is InChI=1S/C15H14Br3N/c1-2-10-5-3-4-6-11(10)9-19-15-13(17)7-12(16)8-14(15)18/h3-8,19H,2,9H2,1H3. The van der Waals surface area contributed by atoms with Crippen LogP contribution in [0.3, 0.4) is 0 Å². The van der Waals surface area contributed by atoms with E-state index in [4.69, 9.17) is 0 Å². The Hall–Kier alpha value is -0.320. The van der Waals surface area contributed by atoms with Crippen LogP contribution in [-0.4, -0.2) is 0 Å². The van der Waals surface area contributed by atoms with Gasteiger partial charge in [-0.1, -0.05) is 47.1 Å². The Morgan fingerprint density at radius 1 is 0.947 bits per heavy atom. The van der Waals surface area contributed by atoms with Crippen molar-refractivity contribution in [1.82, 2.24) is 0 Å². The Bertz CT molecular complexity index is 558. The minimum Gasteiger partial charge on any atom is -0.379 e. The molecule has 19 heavy (non-hydrogen) atoms. The molecule has 0 saturated heterocycles. The Morgan fingerprint density at radius 2 is 1.53 bits per heavy atom. The number of benzene rings is 2. The molecule has 0 fully saturated rings. The normalized spacial score (nSPS) is 10.5. The fraction of sp³-hybridized carbons (Fsp3) is 0.200. The van der Waals surface area contributed by atoms with Gasteiger partial charge in [0.1, 0.15) is 0 Å². The number of hydrogen-bond donors (Lipinski definition) is 1. The van der Waals surface area contributed by atoms with Crippen molar-refractivity contribution in [3.05, 3.63) is 60.9 Å². The minimum absolute atomic E-state index is 0.822. The summed E-state index contributed by atoms with van der Waals surface area (Å²) in [6.07, 6.45) is 1.06. The van der Waals surface area contributed by atoms with E-state index in [1.54, 1.807) is 0 Å². The summed E-state index contributed by atoms with van der Waals surface area (Å²) in [4.78, 5) is 0. The monoisotopic (exact) mass is 445 g/mol. The van der Waals surface area contributed by atoms with Crippen molar-refractivity contribution in [3.8, 4) is 0 Å². The summed E-state index contributed by atoms with van der Waals surface area (Å²) in [5.41, 5.74) is 3.81. The van der Waals surface area contributed by atoms with Gasteiger partial charge in [-0.2, -0.15) is 0 Å². The van der Waals surface area contributed by atoms with Crippen LogP contribution >= 0.6 is 47.8 Å². The van der Waals surface area contributed by atoms with Crippen LogP contribution < -0.4 is 5.32 Å². The van der Waals surface area contributed by atoms with Crippen molar-refractivity contribution < 1.29 is 0 Å². The Morgan fingerprint density at radius 3 is 2.11 bits per heavy atom. The third-order valence-electron chi connectivity index (χ3n) is 2.96. The van der Waals surface area contributed by atoms with E-state index < -0.39 is 0 Å². The van der Waals surface area contributed by atoms with Gasteiger partial charge in [0.15, 0.2) is 0 Å². The Balaban J connectivity index is 2.19. The Kier molecular flexibility index (Phi) is 5.48. The van der Waals surface area contributed by atoms with Crippen LogP contribution in [0.15, 0.2) is 49.8 Å². The molecule has 0 saturated carbocycles. The van der Waals surface area contributed by atoms with Crippen LogP contribution in [0.25, 0.3) is 0 Å². The van der Waals surface area contributed by atoms with Crippen LogP contribution in [0.2, 0.25) is 0 Å². The van der Waals surface area contributed by atoms with E-state index in [2.05, 4.69) is 84.3 Å². The molecule has 2 aromatic rings. The summed E-state index contributed by atoms with van der Waals surface area (Å²) < 4.78 is 3.14. The first-order chi connectivity index (χ1) is 9.11. The average molecular weight is 448 g/mol. The molecule has 2 aromatic carbocycles. The minimum atomic E-state index is 0.822. The summed E-state index contributed by atoms with van der Waals surface area (Å²) in [5.74, 6) is 0. The molecule has 0 aliphatic rings. The molecule has 0 bridgehead atoms. The summed E-state index contributed by atoms with van der Waals surface area (Å²) >= 11 is 10.6. The lowest BCUT2D eigenvalue weighted by Gasteiger charge is -2.13. The van der Waals surface area contributed by atoms with Crippen LogP contribution in [0.1, 0.15) is 18.1 Å². The number of rotatable bonds is 4. The second kappa shape index (κ2) is 6.91. The Labute approximate surface area is 139 Å². The van der Waals surface area contributed by atoms with E-state index in [0.29, 0.717) is 0 Å². The molecular weight excluding hydrogens is 434 g/mol. The van der Waals surface area contributed by atoms with Crippen molar-refractivity contribution in [3.63, 3.8) is 0 Å². The van der Waals surface area contributed by atoms with Gasteiger partial charge in [-0.3, -0.25) is 0 Å². The molecule has 0 spiro atoms. The van der Waals surface area contributed by atoms with Gasteiger partial charge in [-0.05, 0) is 61.5 Å². The van der Waals surface area contributed by atoms with Crippen molar-refractivity contribution in [1.29, 1.82) is 0 Å². The molecule has 0 unspecified atom stereocenters. The zero-order valence-electron chi connectivity index (χ0n) is 10.5. The highest BCUT2D eigenvalue weighted by Gasteiger charge is 2.07. The maximum absolute atomic E-state index is 3.58. The molecule has 0 radical (unpaired) electrons. The third-order valence-corrected chi connectivity index (χ3v) is 4.67. The molecule has 0 amide bonds. The predicted octanol–water partition coefficient (Wildman–Crippen LogP) is 6.15. The summed E-state index contributed by atoms with van der Waals surface area (Å²) in [6, 6.07) is 12.6. The molecule has 100 valence electrons. The first-order valence-electron chi connectivity index (χ1n) is 6.07. The second-order valence-corrected chi connectivity index (χ2v) is 6.84. The lowest BCUT2D eigenvalue weighted by molar-refractivity contribution is 1.04. The van der Waals surface area contributed by atoms with Crippen LogP contribution in [0.4, 0.5) is 5.69 Å². The number of hydrogen-bond acceptors (Lipinski definition) is 1. The van der Waals surface area contributed by atoms with E-state index in [0.717, 1.165) is 32.1 Å². The topological polar surface area (TPSA) is 12.0 Å². The van der Waals surface area contributed by atoms with Gasteiger partial charge >= 0.3 is 0 Å². The van der Waals surface area contributed by atoms with Gasteiger partial charge in [0.25, 0.3) is 0 Å². The van der Waals surface area contributed by atoms with Crippen LogP contribution in [-0.2, 0) is 13.0 Å². The largest absolute Gasteiger partial charge is 0.379 e. The quantitative estimate of drug-likeness (QED) is 0.592. The average Bonchev–Trinajstić information content (AvgIpc) is 2.38. The fourth-order valence-corrected chi connectivity index (χ4v) is 4.51. The van der Waals surface area contributed by atoms with Gasteiger partial charge in [0.05, 0.1) is 5.69 Å². The molecule has 0 aromatic heterocycles. The molecule has 2 rings (SSSR count). The lowest BCUT2D eigenvalue weighted by atomic mass is 10.1. The van der Waals surface area contributed by atoms with Gasteiger partial charge in [-0.25, -0.2) is 0 Å². The van der Waals surface area contributed by atoms with E-state index in [1.807, 2.05) is 12.1 Å². The molecule has 0 aliphatic heterocycles. The molecule has 0 aliphatic carbocycles. The van der Waals surface area contributed by atoms with Crippen molar-refractivity contribution in [2.24, 2.45) is 0 Å². The second-order valence-electron chi connectivity index (χ2n) is 4.22. The summed E-state index contributed by atoms with van der Waals surface area (Å²) in [6.45, 7) is 3.01. The highest BCUT2D eigenvalue weighted by molar-refractivity contribution is 9.11. The van der Waals surface area contributed by atoms with E-state index >= 15 is 0 Å². The van der Waals surface area contributed by atoms with Crippen LogP contribution in [0, 0.1) is 0 Å². The lowest BCUT2D eigenvalue weighted by Crippen LogP contribution is -2.03. The number of aryl methyl sites for hydroxylation is 1. The highest BCUT2D eigenvalue weighted by Crippen LogP contribution is 2.34. The molecular formula is C15H14Br3N. The molecule has 1 N–H and O–H groups in total. The van der Waals surface area contributed by atoms with Gasteiger partial charge < -0.3 is 5.32 Å². The maximum atomic E-state index is 3.58. The van der Waals surface area contributed by atoms with Crippen molar-refractivity contribution in [2.45, 2.75) is 19.9 Å². The first kappa shape index (κ1) is 15.1. The smallest absolute Gasteiger partial charge is 0.0632 e. The molecule has 0 atom stereocenters. The molecule has 4 heteroatoms. The highest BCUT2D eigenvalue weighted by atomic mass is 79.9. The van der Waals surface area contributed by atoms with Gasteiger partial charge in [0, 0.05) is 20.0 Å². The zero-order valence-corrected chi connectivity index (χ0v) is 15.3. The third kappa shape index (κ3) is 3.83. The van der Waals surface area contributed by atoms with E-state index in [9.17, 15) is 0 Å². The number of nitrogens with one attached hydrogen (secondary N) is 1. The van der Waals surface area contributed by atoms with Gasteiger partial charge in [-0.15, -0.1) is 0 Å². The number of halogens is 3. The van der Waals surface area contributed by atoms with Crippen molar-refractivity contribution in [2.75, 3.05) is 5.32 Å². The molecule has 0 heterocycles. The number of anilines is 1. The summed E-state index contributed by atoms with van der Waals surface area (Å²) in [7, 11) is 0. The zero-order chi connectivity index (χ0) is 13.8. The van der Waals surface area contributed by atoms with Crippen molar-refractivity contribution >= 4 is 53.5 Å². The first-order valence-corrected chi connectivity index (χ1v) is 8.45.